The van der Waals surface area contributed by atoms with E-state index in [0.717, 1.165) is 50.5 Å². The van der Waals surface area contributed by atoms with Crippen LogP contribution in [0.1, 0.15) is 33.6 Å². The van der Waals surface area contributed by atoms with Crippen LogP contribution in [0, 0.1) is 0 Å². The second kappa shape index (κ2) is 7.20. The van der Waals surface area contributed by atoms with E-state index in [1.807, 2.05) is 20.8 Å². The highest BCUT2D eigenvalue weighted by Gasteiger charge is 2.28. The summed E-state index contributed by atoms with van der Waals surface area (Å²) in [6, 6.07) is 0.595. The number of ether oxygens (including phenoxy) is 1. The van der Waals surface area contributed by atoms with Crippen molar-refractivity contribution in [2.45, 2.75) is 45.3 Å². The van der Waals surface area contributed by atoms with Gasteiger partial charge in [-0.1, -0.05) is 0 Å². The zero-order chi connectivity index (χ0) is 15.5. The van der Waals surface area contributed by atoms with Crippen molar-refractivity contribution in [3.05, 3.63) is 0 Å². The minimum atomic E-state index is -0.603. The van der Waals surface area contributed by atoms with Gasteiger partial charge in [-0.05, 0) is 33.6 Å². The van der Waals surface area contributed by atoms with Crippen molar-refractivity contribution in [2.24, 2.45) is 0 Å². The Morgan fingerprint density at radius 1 is 1.14 bits per heavy atom. The lowest BCUT2D eigenvalue weighted by Crippen LogP contribution is -2.50. The third-order valence-electron chi connectivity index (χ3n) is 4.06. The molecule has 0 aliphatic carbocycles. The van der Waals surface area contributed by atoms with Crippen LogP contribution in [-0.2, 0) is 20.3 Å². The van der Waals surface area contributed by atoms with Crippen LogP contribution in [0.5, 0.6) is 0 Å². The van der Waals surface area contributed by atoms with Crippen molar-refractivity contribution in [1.82, 2.24) is 9.80 Å². The highest BCUT2D eigenvalue weighted by atomic mass is 32.2. The van der Waals surface area contributed by atoms with Gasteiger partial charge in [-0.25, -0.2) is 0 Å². The molecule has 0 aromatic carbocycles. The van der Waals surface area contributed by atoms with Crippen LogP contribution in [0.4, 0.5) is 0 Å². The Balaban J connectivity index is 1.71. The van der Waals surface area contributed by atoms with Gasteiger partial charge in [0.2, 0.25) is 0 Å². The fourth-order valence-corrected chi connectivity index (χ4v) is 4.10. The standard InChI is InChI=1S/C15H28N2O3S/c1-15(2,3)20-14(18)12-16-6-4-13(5-7-16)17-8-10-21(19)11-9-17/h13H,4-12H2,1-3H3. The molecular formula is C15H28N2O3S. The minimum absolute atomic E-state index is 0.130. The van der Waals surface area contributed by atoms with Crippen LogP contribution in [0.3, 0.4) is 0 Å². The summed E-state index contributed by atoms with van der Waals surface area (Å²) in [6.07, 6.45) is 2.19. The Morgan fingerprint density at radius 3 is 2.24 bits per heavy atom. The predicted octanol–water partition coefficient (Wildman–Crippen LogP) is 0.857. The molecule has 0 atom stereocenters. The molecule has 0 bridgehead atoms. The normalized spacial score (nSPS) is 24.1. The summed E-state index contributed by atoms with van der Waals surface area (Å²) >= 11 is 0. The van der Waals surface area contributed by atoms with Crippen molar-refractivity contribution < 1.29 is 13.7 Å². The molecule has 0 aromatic heterocycles. The van der Waals surface area contributed by atoms with E-state index in [4.69, 9.17) is 4.74 Å². The first-order chi connectivity index (χ1) is 9.83. The molecule has 0 saturated carbocycles. The molecule has 122 valence electrons. The zero-order valence-electron chi connectivity index (χ0n) is 13.5. The monoisotopic (exact) mass is 316 g/mol. The molecule has 5 nitrogen and oxygen atoms in total. The van der Waals surface area contributed by atoms with Gasteiger partial charge in [0.05, 0.1) is 6.54 Å². The summed E-state index contributed by atoms with van der Waals surface area (Å²) in [5, 5.41) is 0. The summed E-state index contributed by atoms with van der Waals surface area (Å²) in [4.78, 5) is 16.5. The molecule has 2 heterocycles. The molecule has 2 rings (SSSR count). The van der Waals surface area contributed by atoms with Crippen molar-refractivity contribution >= 4 is 16.8 Å². The van der Waals surface area contributed by atoms with Gasteiger partial charge < -0.3 is 4.74 Å². The van der Waals surface area contributed by atoms with Crippen molar-refractivity contribution in [2.75, 3.05) is 44.2 Å². The Labute approximate surface area is 130 Å². The number of esters is 1. The first-order valence-electron chi connectivity index (χ1n) is 7.87. The molecule has 0 unspecified atom stereocenters. The summed E-state index contributed by atoms with van der Waals surface area (Å²) in [7, 11) is -0.603. The average Bonchev–Trinajstić information content (AvgIpc) is 2.38. The molecular weight excluding hydrogens is 288 g/mol. The number of hydrogen-bond acceptors (Lipinski definition) is 5. The maximum atomic E-state index is 11.8. The van der Waals surface area contributed by atoms with Crippen molar-refractivity contribution in [3.8, 4) is 0 Å². The highest BCUT2D eigenvalue weighted by molar-refractivity contribution is 7.85. The van der Waals surface area contributed by atoms with Gasteiger partial charge in [0, 0.05) is 54.5 Å². The van der Waals surface area contributed by atoms with E-state index in [1.165, 1.54) is 0 Å². The van der Waals surface area contributed by atoms with E-state index in [1.54, 1.807) is 0 Å². The van der Waals surface area contributed by atoms with Crippen LogP contribution in [-0.4, -0.2) is 75.9 Å². The summed E-state index contributed by atoms with van der Waals surface area (Å²) in [5.41, 5.74) is -0.404. The Morgan fingerprint density at radius 2 is 1.71 bits per heavy atom. The Bertz CT molecular complexity index is 377. The van der Waals surface area contributed by atoms with Crippen LogP contribution >= 0.6 is 0 Å². The molecule has 6 heteroatoms. The lowest BCUT2D eigenvalue weighted by Gasteiger charge is -2.39. The fourth-order valence-electron chi connectivity index (χ4n) is 3.02. The molecule has 2 aliphatic heterocycles. The van der Waals surface area contributed by atoms with Gasteiger partial charge in [0.25, 0.3) is 0 Å². The number of piperidine rings is 1. The van der Waals surface area contributed by atoms with Crippen molar-refractivity contribution in [3.63, 3.8) is 0 Å². The zero-order valence-corrected chi connectivity index (χ0v) is 14.3. The smallest absolute Gasteiger partial charge is 0.320 e. The fraction of sp³-hybridized carbons (Fsp3) is 0.933. The molecule has 0 radical (unpaired) electrons. The van der Waals surface area contributed by atoms with Gasteiger partial charge in [-0.3, -0.25) is 18.8 Å². The van der Waals surface area contributed by atoms with Crippen molar-refractivity contribution in [1.29, 1.82) is 0 Å². The average molecular weight is 316 g/mol. The maximum Gasteiger partial charge on any atom is 0.320 e. The number of carbonyl (C=O) groups excluding carboxylic acids is 1. The van der Waals surface area contributed by atoms with E-state index in [0.29, 0.717) is 12.6 Å². The third-order valence-corrected chi connectivity index (χ3v) is 5.33. The third kappa shape index (κ3) is 5.68. The van der Waals surface area contributed by atoms with Crippen LogP contribution in [0.15, 0.2) is 0 Å². The van der Waals surface area contributed by atoms with E-state index in [9.17, 15) is 9.00 Å². The van der Waals surface area contributed by atoms with E-state index in [-0.39, 0.29) is 5.97 Å². The van der Waals surface area contributed by atoms with Crippen LogP contribution < -0.4 is 0 Å². The molecule has 0 amide bonds. The molecule has 2 saturated heterocycles. The SMILES string of the molecule is CC(C)(C)OC(=O)CN1CCC(N2CCS(=O)CC2)CC1. The molecule has 0 aromatic rings. The van der Waals surface area contributed by atoms with Crippen LogP contribution in [0.2, 0.25) is 0 Å². The first-order valence-corrected chi connectivity index (χ1v) is 9.35. The summed E-state index contributed by atoms with van der Waals surface area (Å²) < 4.78 is 16.8. The summed E-state index contributed by atoms with van der Waals surface area (Å²) in [6.45, 7) is 9.92. The quantitative estimate of drug-likeness (QED) is 0.723. The molecule has 0 spiro atoms. The van der Waals surface area contributed by atoms with Gasteiger partial charge in [0.15, 0.2) is 0 Å². The molecule has 21 heavy (non-hydrogen) atoms. The van der Waals surface area contributed by atoms with Gasteiger partial charge in [-0.15, -0.1) is 0 Å². The molecule has 0 N–H and O–H groups in total. The lowest BCUT2D eigenvalue weighted by molar-refractivity contribution is -0.156. The largest absolute Gasteiger partial charge is 0.459 e. The first kappa shape index (κ1) is 16.9. The van der Waals surface area contributed by atoms with Crippen LogP contribution in [0.25, 0.3) is 0 Å². The minimum Gasteiger partial charge on any atom is -0.459 e. The van der Waals surface area contributed by atoms with Gasteiger partial charge in [-0.2, -0.15) is 0 Å². The molecule has 2 fully saturated rings. The topological polar surface area (TPSA) is 49.9 Å². The number of hydrogen-bond donors (Lipinski definition) is 0. The van der Waals surface area contributed by atoms with Gasteiger partial charge >= 0.3 is 5.97 Å². The Hall–Kier alpha value is -0.460. The summed E-state index contributed by atoms with van der Waals surface area (Å²) in [5.74, 6) is 1.50. The molecule has 2 aliphatic rings. The second-order valence-corrected chi connectivity index (χ2v) is 8.67. The van der Waals surface area contributed by atoms with E-state index in [2.05, 4.69) is 9.80 Å². The highest BCUT2D eigenvalue weighted by Crippen LogP contribution is 2.18. The lowest BCUT2D eigenvalue weighted by atomic mass is 10.0. The second-order valence-electron chi connectivity index (χ2n) is 6.98. The maximum absolute atomic E-state index is 11.8. The number of carbonyl (C=O) groups is 1. The number of likely N-dealkylation sites (tertiary alicyclic amines) is 1. The van der Waals surface area contributed by atoms with Gasteiger partial charge in [0.1, 0.15) is 5.60 Å². The predicted molar refractivity (Wildman–Crippen MR) is 84.8 cm³/mol. The number of rotatable bonds is 3. The Kier molecular flexibility index (Phi) is 5.80. The number of nitrogens with zero attached hydrogens (tertiary/aromatic N) is 2. The van der Waals surface area contributed by atoms with E-state index >= 15 is 0 Å². The van der Waals surface area contributed by atoms with E-state index < -0.39 is 16.4 Å².